The molecule has 0 saturated heterocycles. The van der Waals surface area contributed by atoms with Gasteiger partial charge in [-0.05, 0) is 12.1 Å². The first-order valence-electron chi connectivity index (χ1n) is 2.98. The lowest BCUT2D eigenvalue weighted by atomic mass is 10.3. The molecule has 0 fully saturated rings. The summed E-state index contributed by atoms with van der Waals surface area (Å²) in [6.45, 7) is 0. The van der Waals surface area contributed by atoms with Gasteiger partial charge in [0, 0.05) is 0 Å². The van der Waals surface area contributed by atoms with Crippen LogP contribution in [0.1, 0.15) is 5.76 Å². The van der Waals surface area contributed by atoms with Gasteiger partial charge in [0.05, 0.1) is 6.26 Å². The molecule has 0 aromatic carbocycles. The van der Waals surface area contributed by atoms with Crippen LogP contribution in [0.25, 0.3) is 0 Å². The number of hydrogen-bond acceptors (Lipinski definition) is 4. The lowest BCUT2D eigenvalue weighted by Crippen LogP contribution is -2.00. The maximum absolute atomic E-state index is 10.3. The number of furan rings is 1. The number of hydrogen-bond donors (Lipinski definition) is 0. The summed E-state index contributed by atoms with van der Waals surface area (Å²) in [5.74, 6) is 0.404. The van der Waals surface area contributed by atoms with Crippen LogP contribution in [0.4, 0.5) is 0 Å². The monoisotopic (exact) mass is 153 g/mol. The Labute approximate surface area is 63.4 Å². The second-order valence-electron chi connectivity index (χ2n) is 1.75. The van der Waals surface area contributed by atoms with E-state index in [-0.39, 0.29) is 5.71 Å². The molecule has 1 aromatic heterocycles. The van der Waals surface area contributed by atoms with Crippen molar-refractivity contribution in [1.82, 2.24) is 0 Å². The second kappa shape index (κ2) is 3.55. The Hall–Kier alpha value is -1.58. The Morgan fingerprint density at radius 1 is 1.82 bits per heavy atom. The van der Waals surface area contributed by atoms with Gasteiger partial charge in [-0.2, -0.15) is 0 Å². The molecule has 0 aliphatic heterocycles. The van der Waals surface area contributed by atoms with Crippen LogP contribution in [0.5, 0.6) is 0 Å². The van der Waals surface area contributed by atoms with Crippen LogP contribution < -0.4 is 0 Å². The Kier molecular flexibility index (Phi) is 2.43. The first-order chi connectivity index (χ1) is 5.38. The first kappa shape index (κ1) is 7.53. The molecule has 4 nitrogen and oxygen atoms in total. The second-order valence-corrected chi connectivity index (χ2v) is 1.75. The van der Waals surface area contributed by atoms with Crippen molar-refractivity contribution in [1.29, 1.82) is 0 Å². The van der Waals surface area contributed by atoms with E-state index in [4.69, 9.17) is 4.42 Å². The van der Waals surface area contributed by atoms with Gasteiger partial charge in [-0.1, -0.05) is 5.16 Å². The molecule has 11 heavy (non-hydrogen) atoms. The summed E-state index contributed by atoms with van der Waals surface area (Å²) in [4.78, 5) is 14.7. The van der Waals surface area contributed by atoms with Crippen molar-refractivity contribution in [3.63, 3.8) is 0 Å². The molecule has 1 heterocycles. The molecule has 0 radical (unpaired) electrons. The third kappa shape index (κ3) is 1.67. The quantitative estimate of drug-likeness (QED) is 0.367. The van der Waals surface area contributed by atoms with Gasteiger partial charge in [-0.25, -0.2) is 0 Å². The van der Waals surface area contributed by atoms with Gasteiger partial charge in [-0.15, -0.1) is 0 Å². The lowest BCUT2D eigenvalue weighted by molar-refractivity contribution is -0.102. The molecule has 0 atom stereocenters. The first-order valence-corrected chi connectivity index (χ1v) is 2.98. The number of carbonyl (C=O) groups is 1. The Balaban J connectivity index is 2.88. The minimum absolute atomic E-state index is 0.150. The Morgan fingerprint density at radius 3 is 3.09 bits per heavy atom. The summed E-state index contributed by atoms with van der Waals surface area (Å²) in [6.07, 6.45) is 2.03. The molecule has 58 valence electrons. The number of carbonyl (C=O) groups excluding carboxylic acids is 1. The minimum atomic E-state index is 0.150. The van der Waals surface area contributed by atoms with E-state index in [1.807, 2.05) is 0 Å². The van der Waals surface area contributed by atoms with Crippen LogP contribution in [0.3, 0.4) is 0 Å². The number of nitrogens with zero attached hydrogens (tertiary/aromatic N) is 1. The van der Waals surface area contributed by atoms with E-state index in [2.05, 4.69) is 9.99 Å². The van der Waals surface area contributed by atoms with E-state index in [0.29, 0.717) is 12.0 Å². The zero-order valence-corrected chi connectivity index (χ0v) is 5.98. The molecule has 0 N–H and O–H groups in total. The highest BCUT2D eigenvalue weighted by atomic mass is 16.6. The summed E-state index contributed by atoms with van der Waals surface area (Å²) < 4.78 is 4.90. The van der Waals surface area contributed by atoms with Crippen LogP contribution in [-0.2, 0) is 9.63 Å². The molecule has 1 rings (SSSR count). The van der Waals surface area contributed by atoms with Crippen molar-refractivity contribution >= 4 is 12.0 Å². The van der Waals surface area contributed by atoms with Gasteiger partial charge < -0.3 is 9.25 Å². The summed E-state index contributed by atoms with van der Waals surface area (Å²) in [5, 5.41) is 3.44. The highest BCUT2D eigenvalue weighted by Gasteiger charge is 2.04. The maximum atomic E-state index is 10.3. The van der Waals surface area contributed by atoms with E-state index in [0.717, 1.165) is 0 Å². The predicted octanol–water partition coefficient (Wildman–Crippen LogP) is 0.829. The molecule has 0 amide bonds. The highest BCUT2D eigenvalue weighted by molar-refractivity contribution is 6.35. The number of rotatable bonds is 3. The van der Waals surface area contributed by atoms with Gasteiger partial charge in [0.15, 0.2) is 17.8 Å². The van der Waals surface area contributed by atoms with Crippen molar-refractivity contribution in [3.05, 3.63) is 24.2 Å². The fraction of sp³-hybridized carbons (Fsp3) is 0.143. The normalized spacial score (nSPS) is 11.2. The van der Waals surface area contributed by atoms with E-state index in [9.17, 15) is 4.79 Å². The molecule has 0 unspecified atom stereocenters. The van der Waals surface area contributed by atoms with Crippen molar-refractivity contribution in [3.8, 4) is 0 Å². The van der Waals surface area contributed by atoms with Crippen LogP contribution in [0.2, 0.25) is 0 Å². The van der Waals surface area contributed by atoms with E-state index < -0.39 is 0 Å². The highest BCUT2D eigenvalue weighted by Crippen LogP contribution is 2.00. The Bertz CT molecular complexity index is 251. The van der Waals surface area contributed by atoms with Crippen LogP contribution in [0, 0.1) is 0 Å². The largest absolute Gasteiger partial charge is 0.462 e. The lowest BCUT2D eigenvalue weighted by Gasteiger charge is -1.90. The molecule has 0 spiro atoms. The summed E-state index contributed by atoms with van der Waals surface area (Å²) in [7, 11) is 1.37. The van der Waals surface area contributed by atoms with Crippen LogP contribution in [0.15, 0.2) is 28.0 Å². The van der Waals surface area contributed by atoms with Gasteiger partial charge in [0.25, 0.3) is 0 Å². The van der Waals surface area contributed by atoms with E-state index >= 15 is 0 Å². The molecule has 0 saturated carbocycles. The maximum Gasteiger partial charge on any atom is 0.184 e. The molecular formula is C7H7NO3. The summed E-state index contributed by atoms with van der Waals surface area (Å²) in [5.41, 5.74) is 0.150. The van der Waals surface area contributed by atoms with Crippen LogP contribution in [-0.4, -0.2) is 19.1 Å². The summed E-state index contributed by atoms with van der Waals surface area (Å²) in [6, 6.07) is 3.30. The van der Waals surface area contributed by atoms with Crippen LogP contribution >= 0.6 is 0 Å². The zero-order valence-electron chi connectivity index (χ0n) is 5.98. The topological polar surface area (TPSA) is 51.8 Å². The molecule has 1 aromatic rings. The van der Waals surface area contributed by atoms with Crippen molar-refractivity contribution in [2.75, 3.05) is 7.11 Å². The van der Waals surface area contributed by atoms with Crippen molar-refractivity contribution < 1.29 is 14.0 Å². The molecular weight excluding hydrogens is 146 g/mol. The fourth-order valence-corrected chi connectivity index (χ4v) is 0.647. The van der Waals surface area contributed by atoms with Crippen molar-refractivity contribution in [2.24, 2.45) is 5.16 Å². The molecule has 0 aliphatic carbocycles. The number of oxime groups is 1. The average molecular weight is 153 g/mol. The third-order valence-corrected chi connectivity index (χ3v) is 1.07. The molecule has 4 heteroatoms. The van der Waals surface area contributed by atoms with E-state index in [1.54, 1.807) is 12.1 Å². The SMILES string of the molecule is CO/N=C(\C=O)c1ccco1. The fourth-order valence-electron chi connectivity index (χ4n) is 0.647. The standard InChI is InChI=1S/C7H7NO3/c1-10-8-6(5-9)7-3-2-4-11-7/h2-5H,1H3/b8-6+. The molecule has 0 aliphatic rings. The van der Waals surface area contributed by atoms with E-state index in [1.165, 1.54) is 13.4 Å². The van der Waals surface area contributed by atoms with Gasteiger partial charge >= 0.3 is 0 Å². The average Bonchev–Trinajstić information content (AvgIpc) is 2.52. The predicted molar refractivity (Wildman–Crippen MR) is 38.3 cm³/mol. The third-order valence-electron chi connectivity index (χ3n) is 1.07. The zero-order chi connectivity index (χ0) is 8.10. The van der Waals surface area contributed by atoms with Crippen molar-refractivity contribution in [2.45, 2.75) is 0 Å². The molecule has 0 bridgehead atoms. The number of aldehydes is 1. The smallest absolute Gasteiger partial charge is 0.184 e. The van der Waals surface area contributed by atoms with Gasteiger partial charge in [0.1, 0.15) is 7.11 Å². The minimum Gasteiger partial charge on any atom is -0.462 e. The van der Waals surface area contributed by atoms with Gasteiger partial charge in [0.2, 0.25) is 0 Å². The summed E-state index contributed by atoms with van der Waals surface area (Å²) >= 11 is 0. The van der Waals surface area contributed by atoms with Gasteiger partial charge in [-0.3, -0.25) is 4.79 Å². The Morgan fingerprint density at radius 2 is 2.64 bits per heavy atom.